The average molecular weight is 345 g/mol. The number of fused-ring (bicyclic) bond motifs is 1. The van der Waals surface area contributed by atoms with Crippen LogP contribution in [0.4, 0.5) is 0 Å². The second-order valence-electron chi connectivity index (χ2n) is 7.14. The fraction of sp³-hybridized carbons (Fsp3) is 0.650. The Labute approximate surface area is 151 Å². The van der Waals surface area contributed by atoms with Crippen molar-refractivity contribution in [3.63, 3.8) is 0 Å². The molecule has 0 radical (unpaired) electrons. The first kappa shape index (κ1) is 18.4. The number of ether oxygens (including phenoxy) is 1. The Morgan fingerprint density at radius 1 is 1.16 bits per heavy atom. The standard InChI is InChI=1S/C20H31N3O2/c1-25-16-15-23-13-11-22(12-14-23)10-9-20(24)21-19-8-4-6-17-5-2-3-7-18(17)19/h2-3,5,7,19H,4,6,8-16H2,1H3,(H,21,24)/t19-/m0/s1. The lowest BCUT2D eigenvalue weighted by atomic mass is 9.87. The molecule has 0 bridgehead atoms. The van der Waals surface area contributed by atoms with Gasteiger partial charge in [-0.1, -0.05) is 24.3 Å². The van der Waals surface area contributed by atoms with Gasteiger partial charge in [-0.2, -0.15) is 0 Å². The number of benzene rings is 1. The molecule has 2 aliphatic rings. The van der Waals surface area contributed by atoms with Gasteiger partial charge in [0.05, 0.1) is 12.6 Å². The van der Waals surface area contributed by atoms with Crippen molar-refractivity contribution in [2.24, 2.45) is 0 Å². The van der Waals surface area contributed by atoms with Crippen LogP contribution in [-0.4, -0.2) is 68.7 Å². The van der Waals surface area contributed by atoms with Gasteiger partial charge in [0.25, 0.3) is 0 Å². The number of amides is 1. The van der Waals surface area contributed by atoms with Gasteiger partial charge in [-0.05, 0) is 30.4 Å². The molecule has 5 heteroatoms. The highest BCUT2D eigenvalue weighted by molar-refractivity contribution is 5.76. The smallest absolute Gasteiger partial charge is 0.221 e. The van der Waals surface area contributed by atoms with Crippen molar-refractivity contribution in [2.45, 2.75) is 31.7 Å². The van der Waals surface area contributed by atoms with E-state index in [0.717, 1.165) is 65.1 Å². The zero-order valence-electron chi connectivity index (χ0n) is 15.4. The number of nitrogens with one attached hydrogen (secondary N) is 1. The van der Waals surface area contributed by atoms with Crippen LogP contribution in [0.5, 0.6) is 0 Å². The number of hydrogen-bond donors (Lipinski definition) is 1. The van der Waals surface area contributed by atoms with Gasteiger partial charge < -0.3 is 15.0 Å². The van der Waals surface area contributed by atoms with Crippen LogP contribution in [-0.2, 0) is 16.0 Å². The van der Waals surface area contributed by atoms with E-state index < -0.39 is 0 Å². The zero-order valence-corrected chi connectivity index (χ0v) is 15.4. The van der Waals surface area contributed by atoms with E-state index >= 15 is 0 Å². The van der Waals surface area contributed by atoms with Crippen molar-refractivity contribution in [1.29, 1.82) is 0 Å². The summed E-state index contributed by atoms with van der Waals surface area (Å²) in [6.45, 7) is 6.89. The second-order valence-corrected chi connectivity index (χ2v) is 7.14. The molecule has 1 aromatic carbocycles. The molecule has 0 saturated carbocycles. The summed E-state index contributed by atoms with van der Waals surface area (Å²) >= 11 is 0. The third kappa shape index (κ3) is 5.27. The monoisotopic (exact) mass is 345 g/mol. The van der Waals surface area contributed by atoms with Crippen LogP contribution in [0.1, 0.15) is 36.4 Å². The number of hydrogen-bond acceptors (Lipinski definition) is 4. The maximum atomic E-state index is 12.4. The van der Waals surface area contributed by atoms with Crippen molar-refractivity contribution in [3.8, 4) is 0 Å². The molecular formula is C20H31N3O2. The van der Waals surface area contributed by atoms with E-state index in [9.17, 15) is 4.79 Å². The second kappa shape index (κ2) is 9.32. The van der Waals surface area contributed by atoms with Gasteiger partial charge in [-0.15, -0.1) is 0 Å². The molecule has 1 fully saturated rings. The molecule has 25 heavy (non-hydrogen) atoms. The molecule has 0 aromatic heterocycles. The average Bonchev–Trinajstić information content (AvgIpc) is 2.66. The van der Waals surface area contributed by atoms with Crippen molar-refractivity contribution < 1.29 is 9.53 Å². The first-order valence-corrected chi connectivity index (χ1v) is 9.57. The molecule has 1 aliphatic heterocycles. The van der Waals surface area contributed by atoms with Crippen LogP contribution in [0.2, 0.25) is 0 Å². The highest BCUT2D eigenvalue weighted by Gasteiger charge is 2.22. The number of aryl methyl sites for hydroxylation is 1. The molecule has 1 atom stereocenters. The summed E-state index contributed by atoms with van der Waals surface area (Å²) in [6, 6.07) is 8.72. The van der Waals surface area contributed by atoms with Gasteiger partial charge in [-0.25, -0.2) is 0 Å². The van der Waals surface area contributed by atoms with Crippen molar-refractivity contribution in [1.82, 2.24) is 15.1 Å². The fourth-order valence-corrected chi connectivity index (χ4v) is 3.89. The summed E-state index contributed by atoms with van der Waals surface area (Å²) < 4.78 is 5.14. The van der Waals surface area contributed by atoms with Gasteiger partial charge in [-0.3, -0.25) is 9.69 Å². The minimum Gasteiger partial charge on any atom is -0.383 e. The molecule has 1 aliphatic carbocycles. The number of carbonyl (C=O) groups excluding carboxylic acids is 1. The van der Waals surface area contributed by atoms with Crippen LogP contribution < -0.4 is 5.32 Å². The molecule has 138 valence electrons. The minimum absolute atomic E-state index is 0.184. The van der Waals surface area contributed by atoms with Gasteiger partial charge in [0.2, 0.25) is 5.91 Å². The third-order valence-electron chi connectivity index (χ3n) is 5.44. The normalized spacial score (nSPS) is 21.7. The van der Waals surface area contributed by atoms with Gasteiger partial charge in [0, 0.05) is 52.8 Å². The summed E-state index contributed by atoms with van der Waals surface area (Å²) in [5.74, 6) is 0.184. The van der Waals surface area contributed by atoms with E-state index in [1.165, 1.54) is 11.1 Å². The summed E-state index contributed by atoms with van der Waals surface area (Å²) in [7, 11) is 1.75. The molecule has 0 unspecified atom stereocenters. The van der Waals surface area contributed by atoms with Crippen LogP contribution in [0.3, 0.4) is 0 Å². The number of piperazine rings is 1. The molecule has 1 amide bonds. The Hall–Kier alpha value is -1.43. The molecule has 3 rings (SSSR count). The number of carbonyl (C=O) groups is 1. The Morgan fingerprint density at radius 2 is 1.88 bits per heavy atom. The highest BCUT2D eigenvalue weighted by Crippen LogP contribution is 2.29. The fourth-order valence-electron chi connectivity index (χ4n) is 3.89. The van der Waals surface area contributed by atoms with Crippen molar-refractivity contribution >= 4 is 5.91 Å². The lowest BCUT2D eigenvalue weighted by Crippen LogP contribution is -2.48. The molecular weight excluding hydrogens is 314 g/mol. The Kier molecular flexibility index (Phi) is 6.84. The maximum Gasteiger partial charge on any atom is 0.221 e. The molecule has 1 aromatic rings. The van der Waals surface area contributed by atoms with E-state index in [0.29, 0.717) is 6.42 Å². The van der Waals surface area contributed by atoms with Gasteiger partial charge in [0.15, 0.2) is 0 Å². The zero-order chi connectivity index (χ0) is 17.5. The molecule has 1 saturated heterocycles. The summed E-state index contributed by atoms with van der Waals surface area (Å²) in [5, 5.41) is 3.26. The number of methoxy groups -OCH3 is 1. The molecule has 1 heterocycles. The van der Waals surface area contributed by atoms with Crippen molar-refractivity contribution in [3.05, 3.63) is 35.4 Å². The van der Waals surface area contributed by atoms with E-state index in [1.54, 1.807) is 7.11 Å². The summed E-state index contributed by atoms with van der Waals surface area (Å²) in [4.78, 5) is 17.2. The predicted octanol–water partition coefficient (Wildman–Crippen LogP) is 1.83. The molecule has 0 spiro atoms. The van der Waals surface area contributed by atoms with E-state index in [1.807, 2.05) is 0 Å². The third-order valence-corrected chi connectivity index (χ3v) is 5.44. The minimum atomic E-state index is 0.184. The molecule has 5 nitrogen and oxygen atoms in total. The maximum absolute atomic E-state index is 12.4. The van der Waals surface area contributed by atoms with E-state index in [-0.39, 0.29) is 11.9 Å². The highest BCUT2D eigenvalue weighted by atomic mass is 16.5. The Balaban J connectivity index is 1.39. The van der Waals surface area contributed by atoms with Crippen LogP contribution in [0.15, 0.2) is 24.3 Å². The number of nitrogens with zero attached hydrogens (tertiary/aromatic N) is 2. The quantitative estimate of drug-likeness (QED) is 0.819. The molecule has 1 N–H and O–H groups in total. The lowest BCUT2D eigenvalue weighted by Gasteiger charge is -2.34. The van der Waals surface area contributed by atoms with Crippen LogP contribution in [0.25, 0.3) is 0 Å². The topological polar surface area (TPSA) is 44.8 Å². The predicted molar refractivity (Wildman–Crippen MR) is 99.6 cm³/mol. The number of rotatable bonds is 7. The SMILES string of the molecule is COCCN1CCN(CCC(=O)N[C@H]2CCCc3ccccc32)CC1. The van der Waals surface area contributed by atoms with Crippen LogP contribution >= 0.6 is 0 Å². The summed E-state index contributed by atoms with van der Waals surface area (Å²) in [5.41, 5.74) is 2.71. The van der Waals surface area contributed by atoms with Crippen LogP contribution in [0, 0.1) is 0 Å². The first-order chi connectivity index (χ1) is 12.3. The van der Waals surface area contributed by atoms with E-state index in [4.69, 9.17) is 4.74 Å². The van der Waals surface area contributed by atoms with Gasteiger partial charge in [0.1, 0.15) is 0 Å². The largest absolute Gasteiger partial charge is 0.383 e. The van der Waals surface area contributed by atoms with Crippen molar-refractivity contribution in [2.75, 3.05) is 53.0 Å². The summed E-state index contributed by atoms with van der Waals surface area (Å²) in [6.07, 6.45) is 3.94. The van der Waals surface area contributed by atoms with Gasteiger partial charge >= 0.3 is 0 Å². The Morgan fingerprint density at radius 3 is 2.64 bits per heavy atom. The first-order valence-electron chi connectivity index (χ1n) is 9.57. The Bertz CT molecular complexity index is 556. The van der Waals surface area contributed by atoms with E-state index in [2.05, 4.69) is 39.4 Å². The lowest BCUT2D eigenvalue weighted by molar-refractivity contribution is -0.122.